The van der Waals surface area contributed by atoms with E-state index in [1.165, 1.54) is 45.1 Å². The molecule has 2 aliphatic heterocycles. The number of imide groups is 1. The summed E-state index contributed by atoms with van der Waals surface area (Å²) < 4.78 is 17.5. The number of alkyl carbamates (subject to hydrolysis) is 1. The number of carbonyl (C=O) groups is 10. The number of aliphatic hydroxyl groups excluding tert-OH is 1. The Morgan fingerprint density at radius 2 is 1.41 bits per heavy atom. The number of likely N-dealkylation sites (N-methyl/N-ethyl adjacent to an activating group) is 1. The second-order valence-electron chi connectivity index (χ2n) is 25.0. The van der Waals surface area contributed by atoms with Crippen LogP contribution in [0.1, 0.15) is 151 Å². The number of rotatable bonds is 37. The summed E-state index contributed by atoms with van der Waals surface area (Å²) in [4.78, 5) is 138. The van der Waals surface area contributed by atoms with Gasteiger partial charge >= 0.3 is 6.09 Å². The van der Waals surface area contributed by atoms with E-state index in [1.54, 1.807) is 96.9 Å². The van der Waals surface area contributed by atoms with Crippen LogP contribution in [-0.2, 0) is 64.0 Å². The molecule has 8 N–H and O–H groups in total. The van der Waals surface area contributed by atoms with Crippen molar-refractivity contribution in [1.82, 2.24) is 46.6 Å². The zero-order chi connectivity index (χ0) is 67.0. The molecule has 0 saturated carbocycles. The molecular formula is C66H102N10O14. The highest BCUT2D eigenvalue weighted by Gasteiger charge is 2.44. The number of unbranched alkanes of at least 4 members (excludes halogenated alkanes) is 2. The minimum atomic E-state index is -1.57. The molecule has 2 aromatic rings. The fourth-order valence-electron chi connectivity index (χ4n) is 11.3. The maximum Gasteiger partial charge on any atom is 0.408 e. The molecule has 1 fully saturated rings. The van der Waals surface area contributed by atoms with Gasteiger partial charge in [-0.15, -0.1) is 0 Å². The van der Waals surface area contributed by atoms with Crippen LogP contribution in [0.15, 0.2) is 66.7 Å². The molecule has 90 heavy (non-hydrogen) atoms. The predicted octanol–water partition coefficient (Wildman–Crippen LogP) is 5.04. The fourth-order valence-corrected chi connectivity index (χ4v) is 11.3. The molecule has 0 radical (unpaired) electrons. The van der Waals surface area contributed by atoms with E-state index in [2.05, 4.69) is 37.2 Å². The summed E-state index contributed by atoms with van der Waals surface area (Å²) >= 11 is 0. The van der Waals surface area contributed by atoms with E-state index in [0.717, 1.165) is 4.90 Å². The van der Waals surface area contributed by atoms with Crippen molar-refractivity contribution in [2.45, 2.75) is 200 Å². The molecule has 24 nitrogen and oxygen atoms in total. The molecule has 4 rings (SSSR count). The van der Waals surface area contributed by atoms with Gasteiger partial charge in [-0.2, -0.15) is 0 Å². The molecule has 1 saturated heterocycles. The van der Waals surface area contributed by atoms with E-state index >= 15 is 0 Å². The number of likely N-dealkylation sites (tertiary alicyclic amines) is 1. The van der Waals surface area contributed by atoms with Crippen LogP contribution in [0.5, 0.6) is 0 Å². The second kappa shape index (κ2) is 36.5. The average molecular weight is 1260 g/mol. The largest absolute Gasteiger partial charge is 0.445 e. The number of hydrogen-bond donors (Lipinski definition) is 8. The quantitative estimate of drug-likeness (QED) is 0.0325. The van der Waals surface area contributed by atoms with Crippen molar-refractivity contribution in [1.29, 1.82) is 0 Å². The van der Waals surface area contributed by atoms with Crippen LogP contribution in [0.25, 0.3) is 0 Å². The Hall–Kier alpha value is -7.28. The van der Waals surface area contributed by atoms with Gasteiger partial charge in [0.2, 0.25) is 41.4 Å². The van der Waals surface area contributed by atoms with Crippen molar-refractivity contribution in [2.24, 2.45) is 23.7 Å². The topological polar surface area (TPSA) is 313 Å². The summed E-state index contributed by atoms with van der Waals surface area (Å²) in [6, 6.07) is 11.0. The first-order valence-electron chi connectivity index (χ1n) is 31.7. The Kier molecular flexibility index (Phi) is 30.5. The lowest BCUT2D eigenvalue weighted by Gasteiger charge is -2.41. The van der Waals surface area contributed by atoms with Gasteiger partial charge in [0.1, 0.15) is 30.3 Å². The highest BCUT2D eigenvalue weighted by Crippen LogP contribution is 2.30. The number of hydrogen-bond acceptors (Lipinski definition) is 15. The minimum Gasteiger partial charge on any atom is -0.445 e. The number of aliphatic hydroxyl groups is 1. The van der Waals surface area contributed by atoms with Gasteiger partial charge in [0, 0.05) is 58.6 Å². The van der Waals surface area contributed by atoms with Crippen LogP contribution < -0.4 is 37.2 Å². The van der Waals surface area contributed by atoms with E-state index in [0.29, 0.717) is 81.3 Å². The Morgan fingerprint density at radius 1 is 0.767 bits per heavy atom. The molecule has 2 aromatic carbocycles. The third-order valence-corrected chi connectivity index (χ3v) is 17.0. The molecular weight excluding hydrogens is 1160 g/mol. The summed E-state index contributed by atoms with van der Waals surface area (Å²) in [6.07, 6.45) is 3.59. The molecule has 11 atom stereocenters. The van der Waals surface area contributed by atoms with E-state index in [-0.39, 0.29) is 67.4 Å². The number of benzene rings is 2. The maximum absolute atomic E-state index is 14.6. The second-order valence-corrected chi connectivity index (χ2v) is 25.0. The summed E-state index contributed by atoms with van der Waals surface area (Å²) in [6.45, 7) is 18.6. The number of methoxy groups -OCH3 is 2. The highest BCUT2D eigenvalue weighted by atomic mass is 16.5. The number of nitrogens with one attached hydrogen (secondary N) is 7. The van der Waals surface area contributed by atoms with Crippen LogP contribution in [0.4, 0.5) is 10.5 Å². The standard InChI is InChI=1S/C66H102N10O14/c1-15-42(6)57(50(88-13)38-54(80)75-37-23-27-49(75)59(89-14)43(7)60(82)68-44(8)58(81)46-24-18-16-19-25-46)74(12)63(85)56(41(4)5)72-64(86)66(9,10)73-65(87)90-39-45-29-31-47(32-30-45)69-61(83)48(26-22-35-67-11)70-62(84)55(40(2)3)71-51(77)28-20-17-21-36-76-52(78)33-34-53(76)79/h16,18-19,24-25,29-34,40-44,48-50,55-59,67,81H,15,17,20-23,26-28,35-39H2,1-14H3,(H,68,82)(H,69,83)(H,70,84)(H,71,77)(H,72,86)(H,73,87)/t42-,43+,44+,48-,49-,50+,55-,56-,57-,58+,59+/m0/s1. The molecule has 500 valence electrons. The minimum absolute atomic E-state index is 0.0843. The molecule has 10 amide bonds. The number of carbonyl (C=O) groups excluding carboxylic acids is 10. The molecule has 2 aliphatic rings. The van der Waals surface area contributed by atoms with E-state index < -0.39 is 102 Å². The third-order valence-electron chi connectivity index (χ3n) is 17.0. The number of ether oxygens (including phenoxy) is 3. The lowest BCUT2D eigenvalue weighted by Crippen LogP contribution is -2.62. The van der Waals surface area contributed by atoms with Gasteiger partial charge in [-0.3, -0.25) is 48.1 Å². The van der Waals surface area contributed by atoms with Gasteiger partial charge in [-0.25, -0.2) is 4.79 Å². The Balaban J connectivity index is 1.32. The van der Waals surface area contributed by atoms with Crippen LogP contribution in [-0.4, -0.2) is 181 Å². The summed E-state index contributed by atoms with van der Waals surface area (Å²) in [5, 5.41) is 30.9. The van der Waals surface area contributed by atoms with E-state index in [4.69, 9.17) is 14.2 Å². The predicted molar refractivity (Wildman–Crippen MR) is 341 cm³/mol. The zero-order valence-electron chi connectivity index (χ0n) is 55.4. The Labute approximate surface area is 531 Å². The number of anilines is 1. The van der Waals surface area contributed by atoms with Crippen LogP contribution in [0.2, 0.25) is 0 Å². The summed E-state index contributed by atoms with van der Waals surface area (Å²) in [5.41, 5.74) is 0.0539. The summed E-state index contributed by atoms with van der Waals surface area (Å²) in [5.74, 6) is -5.25. The first-order chi connectivity index (χ1) is 42.6. The molecule has 2 heterocycles. The van der Waals surface area contributed by atoms with Gasteiger partial charge in [0.05, 0.1) is 48.8 Å². The number of amides is 10. The van der Waals surface area contributed by atoms with Crippen molar-refractivity contribution in [3.05, 3.63) is 77.9 Å². The van der Waals surface area contributed by atoms with Crippen molar-refractivity contribution >= 4 is 64.9 Å². The van der Waals surface area contributed by atoms with Crippen molar-refractivity contribution in [3.8, 4) is 0 Å². The molecule has 0 unspecified atom stereocenters. The first kappa shape index (κ1) is 75.2. The van der Waals surface area contributed by atoms with Crippen LogP contribution in [0.3, 0.4) is 0 Å². The molecule has 0 aliphatic carbocycles. The normalized spacial score (nSPS) is 17.5. The van der Waals surface area contributed by atoms with Gasteiger partial charge < -0.3 is 66.3 Å². The Morgan fingerprint density at radius 3 is 2.00 bits per heavy atom. The van der Waals surface area contributed by atoms with Crippen LogP contribution >= 0.6 is 0 Å². The van der Waals surface area contributed by atoms with Gasteiger partial charge in [-0.05, 0) is 114 Å². The molecule has 0 aromatic heterocycles. The summed E-state index contributed by atoms with van der Waals surface area (Å²) in [7, 11) is 6.42. The smallest absolute Gasteiger partial charge is 0.408 e. The fraction of sp³-hybridized carbons (Fsp3) is 0.636. The van der Waals surface area contributed by atoms with Crippen molar-refractivity contribution in [3.63, 3.8) is 0 Å². The van der Waals surface area contributed by atoms with E-state index in [1.807, 2.05) is 32.0 Å². The Bertz CT molecular complexity index is 2730. The zero-order valence-corrected chi connectivity index (χ0v) is 55.4. The lowest BCUT2D eigenvalue weighted by molar-refractivity contribution is -0.148. The van der Waals surface area contributed by atoms with E-state index in [9.17, 15) is 53.1 Å². The van der Waals surface area contributed by atoms with Crippen molar-refractivity contribution < 1.29 is 67.3 Å². The average Bonchev–Trinajstić information content (AvgIpc) is 2.37. The third kappa shape index (κ3) is 22.0. The number of nitrogens with zero attached hydrogens (tertiary/aromatic N) is 3. The van der Waals surface area contributed by atoms with Gasteiger partial charge in [-0.1, -0.05) is 104 Å². The van der Waals surface area contributed by atoms with Gasteiger partial charge in [0.25, 0.3) is 11.8 Å². The first-order valence-corrected chi connectivity index (χ1v) is 31.7. The lowest BCUT2D eigenvalue weighted by atomic mass is 9.89. The van der Waals surface area contributed by atoms with Crippen LogP contribution in [0, 0.1) is 23.7 Å². The molecule has 0 bridgehead atoms. The molecule has 0 spiro atoms. The SMILES string of the molecule is CC[C@H](C)[C@@H]([C@@H](CC(=O)N1CCC[C@H]1[C@H](OC)[C@@H](C)C(=O)N[C@H](C)[C@@H](O)c1ccccc1)OC)N(C)C(=O)[C@@H](NC(=O)C(C)(C)NC(=O)OCc1ccc(NC(=O)[C@H](CCCNC)NC(=O)[C@@H](NC(=O)CCCCCN2C(=O)C=CC2=O)C(C)C)cc1)C(C)C. The van der Waals surface area contributed by atoms with Crippen molar-refractivity contribution in [2.75, 3.05) is 53.3 Å². The monoisotopic (exact) mass is 1260 g/mol. The molecule has 24 heteroatoms. The maximum atomic E-state index is 14.6. The highest BCUT2D eigenvalue weighted by molar-refractivity contribution is 6.12. The van der Waals surface area contributed by atoms with Gasteiger partial charge in [0.15, 0.2) is 0 Å².